The first-order valence-electron chi connectivity index (χ1n) is 12.8. The van der Waals surface area contributed by atoms with Crippen LogP contribution in [0.25, 0.3) is 11.3 Å². The maximum atomic E-state index is 13.2. The van der Waals surface area contributed by atoms with Gasteiger partial charge in [0, 0.05) is 23.9 Å². The Morgan fingerprint density at radius 2 is 1.84 bits per heavy atom. The van der Waals surface area contributed by atoms with Gasteiger partial charge in [-0.3, -0.25) is 14.6 Å². The van der Waals surface area contributed by atoms with E-state index in [1.165, 1.54) is 24.4 Å². The molecule has 1 saturated heterocycles. The van der Waals surface area contributed by atoms with E-state index in [2.05, 4.69) is 15.2 Å². The number of hydrogen-bond acceptors (Lipinski definition) is 6. The fraction of sp³-hybridized carbons (Fsp3) is 0.345. The Balaban J connectivity index is 1.29. The monoisotopic (exact) mass is 537 g/mol. The molecule has 2 atom stereocenters. The molecule has 9 heteroatoms. The Morgan fingerprint density at radius 1 is 1.11 bits per heavy atom. The van der Waals surface area contributed by atoms with Crippen LogP contribution in [-0.4, -0.2) is 58.5 Å². The molecule has 2 unspecified atom stereocenters. The number of aliphatic hydroxyl groups excluding tert-OH is 1. The summed E-state index contributed by atoms with van der Waals surface area (Å²) in [7, 11) is 0. The largest absolute Gasteiger partial charge is 0.489 e. The van der Waals surface area contributed by atoms with Gasteiger partial charge in [0.2, 0.25) is 0 Å². The molecule has 2 heterocycles. The molecule has 1 saturated carbocycles. The predicted octanol–water partition coefficient (Wildman–Crippen LogP) is 4.58. The highest BCUT2D eigenvalue weighted by atomic mass is 35.5. The molecule has 198 valence electrons. The van der Waals surface area contributed by atoms with Gasteiger partial charge >= 0.3 is 0 Å². The third-order valence-corrected chi connectivity index (χ3v) is 7.13. The van der Waals surface area contributed by atoms with Crippen molar-refractivity contribution in [3.63, 3.8) is 0 Å². The van der Waals surface area contributed by atoms with Crippen molar-refractivity contribution in [3.05, 3.63) is 82.8 Å². The molecule has 1 aliphatic heterocycles. The van der Waals surface area contributed by atoms with Crippen LogP contribution in [0.5, 0.6) is 5.75 Å². The molecule has 1 aromatic heterocycles. The molecule has 3 aromatic rings. The van der Waals surface area contributed by atoms with Crippen molar-refractivity contribution in [2.45, 2.75) is 43.9 Å². The van der Waals surface area contributed by atoms with E-state index in [0.717, 1.165) is 38.8 Å². The lowest BCUT2D eigenvalue weighted by atomic mass is 10.0. The van der Waals surface area contributed by atoms with Gasteiger partial charge in [-0.15, -0.1) is 0 Å². The number of likely N-dealkylation sites (tertiary alicyclic amines) is 1. The van der Waals surface area contributed by atoms with E-state index in [9.17, 15) is 19.1 Å². The lowest BCUT2D eigenvalue weighted by Gasteiger charge is -2.28. The first-order valence-corrected chi connectivity index (χ1v) is 13.2. The number of halogens is 2. The number of rotatable bonds is 10. The summed E-state index contributed by atoms with van der Waals surface area (Å²) in [4.78, 5) is 32.4. The van der Waals surface area contributed by atoms with E-state index in [1.54, 1.807) is 36.4 Å². The Hall–Kier alpha value is -3.33. The van der Waals surface area contributed by atoms with Crippen molar-refractivity contribution < 1.29 is 23.8 Å². The lowest BCUT2D eigenvalue weighted by Crippen LogP contribution is -2.48. The van der Waals surface area contributed by atoms with Gasteiger partial charge < -0.3 is 20.1 Å². The van der Waals surface area contributed by atoms with E-state index in [4.69, 9.17) is 16.3 Å². The quantitative estimate of drug-likeness (QED) is 0.290. The molecule has 2 N–H and O–H groups in total. The van der Waals surface area contributed by atoms with Gasteiger partial charge in [0.1, 0.15) is 17.7 Å². The minimum Gasteiger partial charge on any atom is -0.489 e. The average molecular weight is 538 g/mol. The van der Waals surface area contributed by atoms with Gasteiger partial charge in [-0.25, -0.2) is 4.39 Å². The van der Waals surface area contributed by atoms with Crippen LogP contribution >= 0.6 is 11.6 Å². The van der Waals surface area contributed by atoms with Gasteiger partial charge in [0.25, 0.3) is 11.7 Å². The second-order valence-corrected chi connectivity index (χ2v) is 10.2. The second kappa shape index (κ2) is 11.6. The molecule has 5 rings (SSSR count). The summed E-state index contributed by atoms with van der Waals surface area (Å²) in [6, 6.07) is 13.3. The fourth-order valence-electron chi connectivity index (χ4n) is 4.55. The molecule has 0 bridgehead atoms. The summed E-state index contributed by atoms with van der Waals surface area (Å²) in [6.07, 6.45) is 4.52. The maximum Gasteiger partial charge on any atom is 0.292 e. The number of carbonyl (C=O) groups is 2. The molecule has 2 aromatic carbocycles. The Morgan fingerprint density at radius 3 is 2.47 bits per heavy atom. The van der Waals surface area contributed by atoms with Gasteiger partial charge in [0.05, 0.1) is 22.9 Å². The van der Waals surface area contributed by atoms with E-state index in [0.29, 0.717) is 34.1 Å². The third kappa shape index (κ3) is 6.38. The average Bonchev–Trinajstić information content (AvgIpc) is 3.60. The summed E-state index contributed by atoms with van der Waals surface area (Å²) < 4.78 is 19.0. The molecule has 0 spiro atoms. The number of aliphatic hydroxyl groups is 1. The molecule has 38 heavy (non-hydrogen) atoms. The number of pyridine rings is 1. The zero-order valence-electron chi connectivity index (χ0n) is 20.8. The van der Waals surface area contributed by atoms with Crippen LogP contribution in [-0.2, 0) is 4.79 Å². The number of nitrogens with one attached hydrogen (secondary N) is 1. The number of carbonyl (C=O) groups excluding carboxylic acids is 2. The van der Waals surface area contributed by atoms with Crippen molar-refractivity contribution >= 4 is 23.3 Å². The summed E-state index contributed by atoms with van der Waals surface area (Å²) in [5, 5.41) is 14.4. The highest BCUT2D eigenvalue weighted by Gasteiger charge is 2.30. The zero-order chi connectivity index (χ0) is 26.6. The van der Waals surface area contributed by atoms with E-state index < -0.39 is 23.8 Å². The van der Waals surface area contributed by atoms with Crippen molar-refractivity contribution in [1.29, 1.82) is 0 Å². The van der Waals surface area contributed by atoms with Gasteiger partial charge in [-0.1, -0.05) is 17.7 Å². The first kappa shape index (κ1) is 26.3. The van der Waals surface area contributed by atoms with Gasteiger partial charge in [0.15, 0.2) is 0 Å². The van der Waals surface area contributed by atoms with Crippen molar-refractivity contribution in [3.8, 4) is 17.0 Å². The number of ether oxygens (including phenoxy) is 1. The molecule has 1 amide bonds. The summed E-state index contributed by atoms with van der Waals surface area (Å²) in [5.41, 5.74) is 1.89. The number of aromatic nitrogens is 1. The number of amides is 1. The molecule has 2 fully saturated rings. The highest BCUT2D eigenvalue weighted by Crippen LogP contribution is 2.34. The number of nitrogens with zero attached hydrogens (tertiary/aromatic N) is 2. The van der Waals surface area contributed by atoms with Crippen molar-refractivity contribution in [2.24, 2.45) is 0 Å². The minimum absolute atomic E-state index is 0.118. The Kier molecular flexibility index (Phi) is 8.02. The number of ketones is 1. The number of benzene rings is 2. The lowest BCUT2D eigenvalue weighted by molar-refractivity contribution is -0.118. The first-order chi connectivity index (χ1) is 18.4. The normalized spacial score (nSPS) is 17.1. The Labute approximate surface area is 225 Å². The zero-order valence-corrected chi connectivity index (χ0v) is 21.5. The van der Waals surface area contributed by atoms with Crippen LogP contribution < -0.4 is 10.1 Å². The number of hydrogen-bond donors (Lipinski definition) is 2. The number of Topliss-reactive ketones (excluding diaryl/α,β-unsaturated/α-hetero) is 1. The molecule has 0 radical (unpaired) electrons. The SMILES string of the molecule is O=C(NC(CN1CCCC1)C(O)c1ccc(OC2CC2)c(Cl)c1)C(=O)c1ccc(-c2ccc(F)cc2)nc1. The molecular weight excluding hydrogens is 509 g/mol. The smallest absolute Gasteiger partial charge is 0.292 e. The maximum absolute atomic E-state index is 13.2. The summed E-state index contributed by atoms with van der Waals surface area (Å²) in [5.74, 6) is -1.37. The van der Waals surface area contributed by atoms with Crippen LogP contribution in [0.3, 0.4) is 0 Å². The van der Waals surface area contributed by atoms with Crippen LogP contribution in [0.1, 0.15) is 47.7 Å². The van der Waals surface area contributed by atoms with Crippen molar-refractivity contribution in [2.75, 3.05) is 19.6 Å². The van der Waals surface area contributed by atoms with Crippen LogP contribution in [0.2, 0.25) is 5.02 Å². The highest BCUT2D eigenvalue weighted by molar-refractivity contribution is 6.42. The van der Waals surface area contributed by atoms with E-state index >= 15 is 0 Å². The van der Waals surface area contributed by atoms with E-state index in [1.807, 2.05) is 0 Å². The summed E-state index contributed by atoms with van der Waals surface area (Å²) in [6.45, 7) is 2.10. The standard InChI is InChI=1S/C29H29ClFN3O4/c30-23-15-19(6-12-26(23)38-22-9-10-22)27(35)25(17-34-13-1-2-14-34)33-29(37)28(36)20-5-11-24(32-16-20)18-3-7-21(31)8-4-18/h3-8,11-12,15-16,22,25,27,35H,1-2,9-10,13-14,17H2,(H,33,37). The Bertz CT molecular complexity index is 1290. The summed E-state index contributed by atoms with van der Waals surface area (Å²) >= 11 is 6.41. The molecule has 1 aliphatic carbocycles. The fourth-order valence-corrected chi connectivity index (χ4v) is 4.78. The molecule has 7 nitrogen and oxygen atoms in total. The van der Waals surface area contributed by atoms with Crippen LogP contribution in [0.15, 0.2) is 60.8 Å². The third-order valence-electron chi connectivity index (χ3n) is 6.84. The molecule has 2 aliphatic rings. The van der Waals surface area contributed by atoms with Gasteiger partial charge in [-0.2, -0.15) is 0 Å². The van der Waals surface area contributed by atoms with E-state index in [-0.39, 0.29) is 17.5 Å². The predicted molar refractivity (Wildman–Crippen MR) is 142 cm³/mol. The minimum atomic E-state index is -1.08. The second-order valence-electron chi connectivity index (χ2n) is 9.81. The topological polar surface area (TPSA) is 91.8 Å². The van der Waals surface area contributed by atoms with Crippen molar-refractivity contribution in [1.82, 2.24) is 15.2 Å². The van der Waals surface area contributed by atoms with Gasteiger partial charge in [-0.05, 0) is 92.9 Å². The van der Waals surface area contributed by atoms with Crippen LogP contribution in [0, 0.1) is 5.82 Å². The van der Waals surface area contributed by atoms with Crippen LogP contribution in [0.4, 0.5) is 4.39 Å². The molecular formula is C29H29ClFN3O4.